The molecule has 1 spiro atoms. The van der Waals surface area contributed by atoms with E-state index in [1.807, 2.05) is 12.3 Å². The summed E-state index contributed by atoms with van der Waals surface area (Å²) in [5, 5.41) is 7.51. The quantitative estimate of drug-likeness (QED) is 0.662. The number of nitrogens with zero attached hydrogens (tertiary/aromatic N) is 4. The molecule has 8 heteroatoms. The van der Waals surface area contributed by atoms with Crippen LogP contribution in [0.25, 0.3) is 16.7 Å². The number of H-pyrrole nitrogens is 1. The number of aromatic nitrogens is 4. The number of benzene rings is 1. The summed E-state index contributed by atoms with van der Waals surface area (Å²) in [6.07, 6.45) is 7.58. The van der Waals surface area contributed by atoms with Gasteiger partial charge in [0.25, 0.3) is 0 Å². The lowest BCUT2D eigenvalue weighted by molar-refractivity contribution is 0.161. The third-order valence-corrected chi connectivity index (χ3v) is 7.26. The van der Waals surface area contributed by atoms with Gasteiger partial charge >= 0.3 is 0 Å². The van der Waals surface area contributed by atoms with Crippen LogP contribution in [0.15, 0.2) is 30.5 Å². The summed E-state index contributed by atoms with van der Waals surface area (Å²) < 4.78 is 19.1. The number of hydrogen-bond acceptors (Lipinski definition) is 6. The molecule has 2 aromatic heterocycles. The first-order chi connectivity index (χ1) is 15.1. The number of hydrogen-bond donors (Lipinski definition) is 2. The lowest BCUT2D eigenvalue weighted by Crippen LogP contribution is -2.44. The molecule has 0 saturated carbocycles. The van der Waals surface area contributed by atoms with E-state index in [4.69, 9.17) is 20.4 Å². The van der Waals surface area contributed by atoms with Crippen molar-refractivity contribution >= 4 is 22.6 Å². The zero-order chi connectivity index (χ0) is 21.0. The second-order valence-electron chi connectivity index (χ2n) is 8.90. The molecule has 7 nitrogen and oxygen atoms in total. The van der Waals surface area contributed by atoms with E-state index < -0.39 is 0 Å². The van der Waals surface area contributed by atoms with Gasteiger partial charge in [0.1, 0.15) is 17.2 Å². The number of fused-ring (bicyclic) bond motifs is 2. The van der Waals surface area contributed by atoms with Crippen LogP contribution >= 0.6 is 0 Å². The van der Waals surface area contributed by atoms with Crippen LogP contribution in [0.3, 0.4) is 0 Å². The van der Waals surface area contributed by atoms with Crippen molar-refractivity contribution < 1.29 is 9.13 Å². The van der Waals surface area contributed by atoms with E-state index in [0.29, 0.717) is 18.9 Å². The molecular formula is C23H25FN6O. The van der Waals surface area contributed by atoms with E-state index in [2.05, 4.69) is 21.2 Å². The SMILES string of the molecule is N[C@@H]1c2cc(F)ccc2CC12CCN(c1cnc3c(C4=CCOCC4)[nH]nc3n1)CC2. The summed E-state index contributed by atoms with van der Waals surface area (Å²) >= 11 is 0. The minimum Gasteiger partial charge on any atom is -0.377 e. The highest BCUT2D eigenvalue weighted by atomic mass is 19.1. The average molecular weight is 420 g/mol. The molecular weight excluding hydrogens is 395 g/mol. The fourth-order valence-electron chi connectivity index (χ4n) is 5.42. The summed E-state index contributed by atoms with van der Waals surface area (Å²) in [4.78, 5) is 11.7. The van der Waals surface area contributed by atoms with Crippen LogP contribution < -0.4 is 10.6 Å². The number of halogens is 1. The molecule has 1 atom stereocenters. The average Bonchev–Trinajstić information content (AvgIpc) is 3.34. The fraction of sp³-hybridized carbons (Fsp3) is 0.435. The van der Waals surface area contributed by atoms with Gasteiger partial charge in [0.15, 0.2) is 0 Å². The second kappa shape index (κ2) is 7.10. The number of ether oxygens (including phenoxy) is 1. The van der Waals surface area contributed by atoms with Gasteiger partial charge in [0.05, 0.1) is 25.1 Å². The standard InChI is InChI=1S/C23H25FN6O/c24-16-2-1-15-12-23(21(25)17(15)11-16)5-7-30(8-6-23)18-13-26-20-19(28-29-22(20)27-18)14-3-9-31-10-4-14/h1-3,11,13,21H,4-10,12,25H2,(H,27,28,29)/t21-/m1/s1. The van der Waals surface area contributed by atoms with Gasteiger partial charge in [-0.1, -0.05) is 12.1 Å². The Morgan fingerprint density at radius 3 is 2.94 bits per heavy atom. The number of anilines is 1. The predicted molar refractivity (Wildman–Crippen MR) is 116 cm³/mol. The Bertz CT molecular complexity index is 1180. The highest BCUT2D eigenvalue weighted by molar-refractivity contribution is 5.85. The zero-order valence-electron chi connectivity index (χ0n) is 17.3. The van der Waals surface area contributed by atoms with Crippen molar-refractivity contribution in [3.63, 3.8) is 0 Å². The number of nitrogens with two attached hydrogens (primary N) is 1. The van der Waals surface area contributed by atoms with Crippen molar-refractivity contribution in [3.05, 3.63) is 53.1 Å². The van der Waals surface area contributed by atoms with E-state index in [9.17, 15) is 4.39 Å². The lowest BCUT2D eigenvalue weighted by atomic mass is 9.73. The van der Waals surface area contributed by atoms with Crippen LogP contribution in [-0.2, 0) is 11.2 Å². The highest BCUT2D eigenvalue weighted by Gasteiger charge is 2.46. The van der Waals surface area contributed by atoms with Crippen LogP contribution in [0.1, 0.15) is 42.1 Å². The normalized spacial score (nSPS) is 22.7. The second-order valence-corrected chi connectivity index (χ2v) is 8.90. The molecule has 1 aliphatic carbocycles. The molecule has 3 N–H and O–H groups in total. The Morgan fingerprint density at radius 1 is 1.26 bits per heavy atom. The molecule has 0 bridgehead atoms. The van der Waals surface area contributed by atoms with Crippen LogP contribution in [0.4, 0.5) is 10.2 Å². The predicted octanol–water partition coefficient (Wildman–Crippen LogP) is 3.14. The third kappa shape index (κ3) is 3.04. The Labute approximate surface area is 179 Å². The molecule has 160 valence electrons. The van der Waals surface area contributed by atoms with E-state index in [1.54, 1.807) is 12.1 Å². The topological polar surface area (TPSA) is 92.9 Å². The van der Waals surface area contributed by atoms with Crippen LogP contribution in [0.2, 0.25) is 0 Å². The molecule has 2 aliphatic heterocycles. The van der Waals surface area contributed by atoms with Gasteiger partial charge in [-0.25, -0.2) is 14.4 Å². The van der Waals surface area contributed by atoms with Crippen molar-refractivity contribution in [1.82, 2.24) is 20.2 Å². The van der Waals surface area contributed by atoms with Gasteiger partial charge in [-0.2, -0.15) is 5.10 Å². The minimum absolute atomic E-state index is 0.000805. The Hall–Kier alpha value is -2.84. The van der Waals surface area contributed by atoms with Crippen LogP contribution in [0.5, 0.6) is 0 Å². The molecule has 1 fully saturated rings. The maximum atomic E-state index is 13.7. The Balaban J connectivity index is 1.21. The molecule has 1 aromatic carbocycles. The van der Waals surface area contributed by atoms with Gasteiger partial charge in [0.2, 0.25) is 5.65 Å². The molecule has 0 unspecified atom stereocenters. The molecule has 31 heavy (non-hydrogen) atoms. The Morgan fingerprint density at radius 2 is 2.13 bits per heavy atom. The van der Waals surface area contributed by atoms with Crippen LogP contribution in [-0.4, -0.2) is 46.5 Å². The first kappa shape index (κ1) is 18.9. The maximum Gasteiger partial charge on any atom is 0.202 e. The van der Waals surface area contributed by atoms with E-state index >= 15 is 0 Å². The molecule has 1 saturated heterocycles. The molecule has 6 rings (SSSR count). The third-order valence-electron chi connectivity index (χ3n) is 7.26. The largest absolute Gasteiger partial charge is 0.377 e. The van der Waals surface area contributed by atoms with Crippen LogP contribution in [0, 0.1) is 11.2 Å². The van der Waals surface area contributed by atoms with Gasteiger partial charge in [-0.05, 0) is 59.9 Å². The highest BCUT2D eigenvalue weighted by Crippen LogP contribution is 2.51. The number of nitrogens with one attached hydrogen (secondary N) is 1. The summed E-state index contributed by atoms with van der Waals surface area (Å²) in [7, 11) is 0. The van der Waals surface area contributed by atoms with Crippen molar-refractivity contribution in [2.45, 2.75) is 31.7 Å². The fourth-order valence-corrected chi connectivity index (χ4v) is 5.42. The summed E-state index contributed by atoms with van der Waals surface area (Å²) in [5.41, 5.74) is 12.3. The first-order valence-corrected chi connectivity index (χ1v) is 10.9. The number of rotatable bonds is 2. The lowest BCUT2D eigenvalue weighted by Gasteiger charge is -2.42. The first-order valence-electron chi connectivity index (χ1n) is 10.9. The van der Waals surface area contributed by atoms with Crippen molar-refractivity contribution in [1.29, 1.82) is 0 Å². The Kier molecular flexibility index (Phi) is 4.33. The smallest absolute Gasteiger partial charge is 0.202 e. The van der Waals surface area contributed by atoms with E-state index in [1.165, 1.54) is 11.1 Å². The summed E-state index contributed by atoms with van der Waals surface area (Å²) in [6.45, 7) is 3.04. The molecule has 4 heterocycles. The van der Waals surface area contributed by atoms with Gasteiger partial charge in [-0.3, -0.25) is 5.10 Å². The van der Waals surface area contributed by atoms with Crippen molar-refractivity contribution in [2.24, 2.45) is 11.1 Å². The maximum absolute atomic E-state index is 13.7. The minimum atomic E-state index is -0.206. The summed E-state index contributed by atoms with van der Waals surface area (Å²) in [6, 6.07) is 4.94. The molecule has 0 amide bonds. The van der Waals surface area contributed by atoms with Crippen molar-refractivity contribution in [3.8, 4) is 0 Å². The van der Waals surface area contributed by atoms with E-state index in [-0.39, 0.29) is 17.3 Å². The molecule has 0 radical (unpaired) electrons. The van der Waals surface area contributed by atoms with Gasteiger partial charge < -0.3 is 15.4 Å². The number of aromatic amines is 1. The monoisotopic (exact) mass is 420 g/mol. The summed E-state index contributed by atoms with van der Waals surface area (Å²) in [5.74, 6) is 0.638. The van der Waals surface area contributed by atoms with Crippen molar-refractivity contribution in [2.75, 3.05) is 31.2 Å². The van der Waals surface area contributed by atoms with Gasteiger partial charge in [0, 0.05) is 19.1 Å². The van der Waals surface area contributed by atoms with Gasteiger partial charge in [-0.15, -0.1) is 0 Å². The van der Waals surface area contributed by atoms with E-state index in [0.717, 1.165) is 61.4 Å². The number of piperidine rings is 1. The zero-order valence-corrected chi connectivity index (χ0v) is 17.3. The molecule has 3 aromatic rings. The molecule has 3 aliphatic rings.